The second-order valence-electron chi connectivity index (χ2n) is 8.04. The Hall–Kier alpha value is -3.87. The Morgan fingerprint density at radius 1 is 1.03 bits per heavy atom. The number of hydrogen-bond acceptors (Lipinski definition) is 5. The summed E-state index contributed by atoms with van der Waals surface area (Å²) in [7, 11) is 0. The molecule has 4 aromatic rings. The second kappa shape index (κ2) is 8.70. The van der Waals surface area contributed by atoms with Crippen molar-refractivity contribution in [1.29, 1.82) is 0 Å². The van der Waals surface area contributed by atoms with E-state index in [1.165, 1.54) is 0 Å². The summed E-state index contributed by atoms with van der Waals surface area (Å²) < 4.78 is 1.82. The van der Waals surface area contributed by atoms with Crippen LogP contribution in [-0.2, 0) is 6.54 Å². The lowest BCUT2D eigenvalue weighted by Crippen LogP contribution is -2.27. The normalized spacial score (nSPS) is 14.0. The Labute approximate surface area is 185 Å². The zero-order chi connectivity index (χ0) is 21.9. The highest BCUT2D eigenvalue weighted by Crippen LogP contribution is 2.30. The number of hydrogen-bond donors (Lipinski definition) is 1. The number of rotatable bonds is 5. The first-order valence-corrected chi connectivity index (χ1v) is 10.9. The first-order chi connectivity index (χ1) is 15.7. The van der Waals surface area contributed by atoms with Gasteiger partial charge in [0.25, 0.3) is 11.5 Å². The van der Waals surface area contributed by atoms with E-state index in [4.69, 9.17) is 0 Å². The van der Waals surface area contributed by atoms with Gasteiger partial charge in [-0.05, 0) is 48.7 Å². The van der Waals surface area contributed by atoms with Crippen molar-refractivity contribution >= 4 is 17.1 Å². The van der Waals surface area contributed by atoms with E-state index < -0.39 is 0 Å². The zero-order valence-electron chi connectivity index (χ0n) is 17.6. The Morgan fingerprint density at radius 3 is 2.56 bits per heavy atom. The molecule has 0 unspecified atom stereocenters. The number of nitrogens with one attached hydrogen (secondary N) is 1. The highest BCUT2D eigenvalue weighted by atomic mass is 16.1. The van der Waals surface area contributed by atoms with Crippen LogP contribution in [0.1, 0.15) is 47.6 Å². The fourth-order valence-electron chi connectivity index (χ4n) is 4.30. The fraction of sp³-hybridized carbons (Fsp3) is 0.240. The minimum absolute atomic E-state index is 0.128. The Balaban J connectivity index is 1.45. The van der Waals surface area contributed by atoms with E-state index in [1.54, 1.807) is 42.9 Å². The van der Waals surface area contributed by atoms with E-state index in [1.807, 2.05) is 28.8 Å². The molecule has 0 bridgehead atoms. The summed E-state index contributed by atoms with van der Waals surface area (Å²) in [5, 5.41) is 2.89. The van der Waals surface area contributed by atoms with Gasteiger partial charge in [0, 0.05) is 42.3 Å². The van der Waals surface area contributed by atoms with Crippen LogP contribution in [0.3, 0.4) is 0 Å². The maximum Gasteiger partial charge on any atom is 0.278 e. The van der Waals surface area contributed by atoms with Gasteiger partial charge in [-0.3, -0.25) is 19.1 Å². The van der Waals surface area contributed by atoms with Crippen LogP contribution in [0.2, 0.25) is 0 Å². The SMILES string of the molecule is O=C(NCc1cccnc1)c1ccc(-c2nc3cccnc3n(C3CCCC3)c2=O)cc1. The monoisotopic (exact) mass is 425 g/mol. The summed E-state index contributed by atoms with van der Waals surface area (Å²) >= 11 is 0. The molecule has 1 N–H and O–H groups in total. The van der Waals surface area contributed by atoms with Gasteiger partial charge in [0.2, 0.25) is 0 Å². The van der Waals surface area contributed by atoms with Gasteiger partial charge in [-0.25, -0.2) is 9.97 Å². The van der Waals surface area contributed by atoms with Crippen LogP contribution in [0.5, 0.6) is 0 Å². The van der Waals surface area contributed by atoms with Crippen LogP contribution in [0.4, 0.5) is 0 Å². The summed E-state index contributed by atoms with van der Waals surface area (Å²) in [6.07, 6.45) is 9.31. The smallest absolute Gasteiger partial charge is 0.278 e. The standard InChI is InChI=1S/C25H23N5O2/c31-24(28-16-17-5-3-13-26-15-17)19-11-9-18(10-12-19)22-25(32)30(20-6-1-2-7-20)23-21(29-22)8-4-14-27-23/h3-5,8-15,20H,1-2,6-7,16H2,(H,28,31). The van der Waals surface area contributed by atoms with Gasteiger partial charge >= 0.3 is 0 Å². The molecule has 3 heterocycles. The molecule has 0 spiro atoms. The molecule has 0 aliphatic heterocycles. The quantitative estimate of drug-likeness (QED) is 0.524. The molecule has 1 aromatic carbocycles. The van der Waals surface area contributed by atoms with E-state index in [-0.39, 0.29) is 17.5 Å². The van der Waals surface area contributed by atoms with E-state index >= 15 is 0 Å². The predicted octanol–water partition coefficient (Wildman–Crippen LogP) is 3.90. The fourth-order valence-corrected chi connectivity index (χ4v) is 4.30. The van der Waals surface area contributed by atoms with Crippen molar-refractivity contribution in [1.82, 2.24) is 24.8 Å². The number of nitrogens with zero attached hydrogens (tertiary/aromatic N) is 4. The highest BCUT2D eigenvalue weighted by Gasteiger charge is 2.23. The topological polar surface area (TPSA) is 89.8 Å². The molecule has 1 aliphatic carbocycles. The summed E-state index contributed by atoms with van der Waals surface area (Å²) in [6, 6.07) is 14.6. The lowest BCUT2D eigenvalue weighted by atomic mass is 10.1. The minimum Gasteiger partial charge on any atom is -0.348 e. The zero-order valence-corrected chi connectivity index (χ0v) is 17.6. The van der Waals surface area contributed by atoms with Crippen molar-refractivity contribution in [3.05, 3.63) is 88.6 Å². The van der Waals surface area contributed by atoms with Crippen LogP contribution in [0, 0.1) is 0 Å². The van der Waals surface area contributed by atoms with Crippen molar-refractivity contribution in [3.63, 3.8) is 0 Å². The van der Waals surface area contributed by atoms with E-state index in [2.05, 4.69) is 20.3 Å². The Morgan fingerprint density at radius 2 is 1.81 bits per heavy atom. The first kappa shape index (κ1) is 20.1. The van der Waals surface area contributed by atoms with Gasteiger partial charge in [-0.2, -0.15) is 0 Å². The van der Waals surface area contributed by atoms with Crippen LogP contribution < -0.4 is 10.9 Å². The second-order valence-corrected chi connectivity index (χ2v) is 8.04. The molecule has 160 valence electrons. The molecular formula is C25H23N5O2. The molecule has 3 aromatic heterocycles. The van der Waals surface area contributed by atoms with E-state index in [0.717, 1.165) is 31.2 Å². The summed E-state index contributed by atoms with van der Waals surface area (Å²) in [5.41, 5.74) is 3.75. The van der Waals surface area contributed by atoms with E-state index in [0.29, 0.717) is 34.5 Å². The molecule has 0 radical (unpaired) electrons. The first-order valence-electron chi connectivity index (χ1n) is 10.9. The van der Waals surface area contributed by atoms with Crippen molar-refractivity contribution in [2.75, 3.05) is 0 Å². The third kappa shape index (κ3) is 3.89. The van der Waals surface area contributed by atoms with Gasteiger partial charge in [0.1, 0.15) is 11.2 Å². The van der Waals surface area contributed by atoms with Crippen molar-refractivity contribution in [2.45, 2.75) is 38.3 Å². The average molecular weight is 425 g/mol. The molecule has 5 rings (SSSR count). The molecule has 0 atom stereocenters. The highest BCUT2D eigenvalue weighted by molar-refractivity contribution is 5.94. The van der Waals surface area contributed by atoms with Gasteiger partial charge in [-0.15, -0.1) is 0 Å². The van der Waals surface area contributed by atoms with Crippen LogP contribution in [-0.4, -0.2) is 25.4 Å². The molecular weight excluding hydrogens is 402 g/mol. The molecule has 7 heteroatoms. The predicted molar refractivity (Wildman–Crippen MR) is 122 cm³/mol. The van der Waals surface area contributed by atoms with Crippen LogP contribution in [0.25, 0.3) is 22.4 Å². The minimum atomic E-state index is -0.181. The molecule has 7 nitrogen and oxygen atoms in total. The number of pyridine rings is 2. The molecule has 1 saturated carbocycles. The number of amides is 1. The Bertz CT molecular complexity index is 1310. The summed E-state index contributed by atoms with van der Waals surface area (Å²) in [4.78, 5) is 39.1. The number of carbonyl (C=O) groups is 1. The summed E-state index contributed by atoms with van der Waals surface area (Å²) in [6.45, 7) is 0.403. The van der Waals surface area contributed by atoms with Crippen LogP contribution >= 0.6 is 0 Å². The maximum absolute atomic E-state index is 13.4. The van der Waals surface area contributed by atoms with E-state index in [9.17, 15) is 9.59 Å². The van der Waals surface area contributed by atoms with Crippen molar-refractivity contribution in [3.8, 4) is 11.3 Å². The molecule has 1 aliphatic rings. The van der Waals surface area contributed by atoms with Crippen molar-refractivity contribution in [2.24, 2.45) is 0 Å². The van der Waals surface area contributed by atoms with Gasteiger partial charge in [0.05, 0.1) is 0 Å². The third-order valence-electron chi connectivity index (χ3n) is 5.93. The third-order valence-corrected chi connectivity index (χ3v) is 5.93. The van der Waals surface area contributed by atoms with Gasteiger partial charge in [0.15, 0.2) is 5.65 Å². The number of carbonyl (C=O) groups excluding carboxylic acids is 1. The molecule has 1 amide bonds. The maximum atomic E-state index is 13.4. The largest absolute Gasteiger partial charge is 0.348 e. The van der Waals surface area contributed by atoms with Gasteiger partial charge in [-0.1, -0.05) is 31.0 Å². The Kier molecular flexibility index (Phi) is 5.46. The van der Waals surface area contributed by atoms with Crippen LogP contribution in [0.15, 0.2) is 71.9 Å². The number of fused-ring (bicyclic) bond motifs is 1. The molecule has 1 fully saturated rings. The lowest BCUT2D eigenvalue weighted by Gasteiger charge is -2.17. The molecule has 32 heavy (non-hydrogen) atoms. The number of benzene rings is 1. The number of aromatic nitrogens is 4. The van der Waals surface area contributed by atoms with Gasteiger partial charge < -0.3 is 5.32 Å². The summed E-state index contributed by atoms with van der Waals surface area (Å²) in [5.74, 6) is -0.181. The average Bonchev–Trinajstić information content (AvgIpc) is 3.37. The molecule has 0 saturated heterocycles. The van der Waals surface area contributed by atoms with Crippen molar-refractivity contribution < 1.29 is 4.79 Å². The lowest BCUT2D eigenvalue weighted by molar-refractivity contribution is 0.0951.